The number of nitrogens with one attached hydrogen (secondary N) is 1. The van der Waals surface area contributed by atoms with Gasteiger partial charge in [-0.05, 0) is 20.3 Å². The normalized spacial score (nSPS) is 14.0. The fraction of sp³-hybridized carbons (Fsp3) is 0.500. The number of likely N-dealkylation sites (N-methyl/N-ethyl adjacent to an activating group) is 1. The largest absolute Gasteiger partial charge is 0.387 e. The second-order valence-electron chi connectivity index (χ2n) is 2.35. The lowest BCUT2D eigenvalue weighted by Gasteiger charge is -2.05. The van der Waals surface area contributed by atoms with E-state index in [1.165, 1.54) is 0 Å². The van der Waals surface area contributed by atoms with Gasteiger partial charge >= 0.3 is 0 Å². The van der Waals surface area contributed by atoms with Crippen LogP contribution < -0.4 is 5.32 Å². The molecule has 0 fully saturated rings. The van der Waals surface area contributed by atoms with Crippen LogP contribution in [0.5, 0.6) is 0 Å². The Morgan fingerprint density at radius 3 is 2.33 bits per heavy atom. The van der Waals surface area contributed by atoms with Gasteiger partial charge in [0.1, 0.15) is 0 Å². The number of hydrogen-bond donors (Lipinski definition) is 1. The third-order valence-electron chi connectivity index (χ3n) is 1.52. The average Bonchev–Trinajstić information content (AvgIpc) is 2.12. The highest BCUT2D eigenvalue weighted by Crippen LogP contribution is 2.06. The van der Waals surface area contributed by atoms with Crippen molar-refractivity contribution >= 4 is 6.21 Å². The Bertz CT molecular complexity index is 200. The zero-order valence-corrected chi connectivity index (χ0v) is 8.39. The molecule has 0 aliphatic rings. The minimum atomic E-state index is 0.970. The summed E-state index contributed by atoms with van der Waals surface area (Å²) in [6.07, 6.45) is 6.90. The Hall–Kier alpha value is -1.05. The molecule has 2 nitrogen and oxygen atoms in total. The lowest BCUT2D eigenvalue weighted by molar-refractivity contribution is 0.981. The molecule has 0 radical (unpaired) electrons. The third kappa shape index (κ3) is 3.37. The van der Waals surface area contributed by atoms with Crippen LogP contribution in [0.4, 0.5) is 0 Å². The molecule has 0 atom stereocenters. The van der Waals surface area contributed by atoms with E-state index in [4.69, 9.17) is 0 Å². The van der Waals surface area contributed by atoms with Gasteiger partial charge in [-0.15, -0.1) is 0 Å². The molecule has 0 aliphatic carbocycles. The highest BCUT2D eigenvalue weighted by Gasteiger charge is 1.96. The number of aliphatic imine (C=N–C) groups is 1. The van der Waals surface area contributed by atoms with Crippen LogP contribution in [0.3, 0.4) is 0 Å². The first-order valence-electron chi connectivity index (χ1n) is 4.33. The highest BCUT2D eigenvalue weighted by molar-refractivity contribution is 5.59. The minimum Gasteiger partial charge on any atom is -0.387 e. The summed E-state index contributed by atoms with van der Waals surface area (Å²) in [6.45, 7) is 6.06. The van der Waals surface area contributed by atoms with Crippen LogP contribution in [-0.2, 0) is 0 Å². The molecular weight excluding hydrogens is 148 g/mol. The van der Waals surface area contributed by atoms with E-state index in [1.54, 1.807) is 0 Å². The first kappa shape index (κ1) is 11.0. The molecule has 0 saturated carbocycles. The van der Waals surface area contributed by atoms with Crippen molar-refractivity contribution in [3.8, 4) is 0 Å². The molecule has 0 spiro atoms. The second kappa shape index (κ2) is 6.65. The van der Waals surface area contributed by atoms with Gasteiger partial charge in [0.25, 0.3) is 0 Å². The van der Waals surface area contributed by atoms with Crippen LogP contribution in [0.2, 0.25) is 0 Å². The monoisotopic (exact) mass is 166 g/mol. The van der Waals surface area contributed by atoms with Crippen LogP contribution in [0.1, 0.15) is 27.2 Å². The van der Waals surface area contributed by atoms with Gasteiger partial charge in [0.15, 0.2) is 0 Å². The molecule has 1 N–H and O–H groups in total. The Labute approximate surface area is 75.1 Å². The van der Waals surface area contributed by atoms with E-state index in [0.29, 0.717) is 0 Å². The standard InChI is InChI=1S/C10H18N2/c1-5-8-12-10(7-3)9(6-2)11-4/h6-8,11H,5H2,1-4H3/b9-6-,10-7-,12-8?. The maximum absolute atomic E-state index is 4.31. The van der Waals surface area contributed by atoms with E-state index in [1.807, 2.05) is 39.3 Å². The predicted octanol–water partition coefficient (Wildman–Crippen LogP) is 2.49. The molecule has 2 heteroatoms. The molecule has 0 aromatic heterocycles. The number of allylic oxidation sites excluding steroid dienone is 2. The molecule has 0 unspecified atom stereocenters. The molecule has 0 saturated heterocycles. The Balaban J connectivity index is 4.46. The van der Waals surface area contributed by atoms with Crippen molar-refractivity contribution in [3.05, 3.63) is 23.5 Å². The van der Waals surface area contributed by atoms with Gasteiger partial charge in [-0.1, -0.05) is 19.1 Å². The zero-order valence-electron chi connectivity index (χ0n) is 8.39. The van der Waals surface area contributed by atoms with Crippen LogP contribution in [0, 0.1) is 0 Å². The summed E-state index contributed by atoms with van der Waals surface area (Å²) >= 11 is 0. The van der Waals surface area contributed by atoms with E-state index in [-0.39, 0.29) is 0 Å². The molecule has 0 aromatic carbocycles. The summed E-state index contributed by atoms with van der Waals surface area (Å²) in [5.41, 5.74) is 2.07. The van der Waals surface area contributed by atoms with Crippen molar-refractivity contribution < 1.29 is 0 Å². The highest BCUT2D eigenvalue weighted by atomic mass is 14.9. The van der Waals surface area contributed by atoms with Gasteiger partial charge in [0.2, 0.25) is 0 Å². The fourth-order valence-corrected chi connectivity index (χ4v) is 0.910. The molecule has 0 bridgehead atoms. The summed E-state index contributed by atoms with van der Waals surface area (Å²) in [5.74, 6) is 0. The summed E-state index contributed by atoms with van der Waals surface area (Å²) in [7, 11) is 1.90. The van der Waals surface area contributed by atoms with Gasteiger partial charge < -0.3 is 5.32 Å². The van der Waals surface area contributed by atoms with Crippen LogP contribution in [0.25, 0.3) is 0 Å². The van der Waals surface area contributed by atoms with Crippen LogP contribution in [-0.4, -0.2) is 13.3 Å². The number of hydrogen-bond acceptors (Lipinski definition) is 2. The first-order chi connectivity index (χ1) is 5.79. The van der Waals surface area contributed by atoms with Crippen molar-refractivity contribution in [2.24, 2.45) is 4.99 Å². The van der Waals surface area contributed by atoms with Crippen molar-refractivity contribution in [3.63, 3.8) is 0 Å². The Kier molecular flexibility index (Phi) is 6.07. The molecule has 12 heavy (non-hydrogen) atoms. The third-order valence-corrected chi connectivity index (χ3v) is 1.52. The first-order valence-corrected chi connectivity index (χ1v) is 4.33. The predicted molar refractivity (Wildman–Crippen MR) is 55.4 cm³/mol. The lowest BCUT2D eigenvalue weighted by atomic mass is 10.3. The smallest absolute Gasteiger partial charge is 0.0810 e. The van der Waals surface area contributed by atoms with E-state index in [9.17, 15) is 0 Å². The van der Waals surface area contributed by atoms with Gasteiger partial charge in [-0.3, -0.25) is 4.99 Å². The maximum atomic E-state index is 4.31. The van der Waals surface area contributed by atoms with Gasteiger partial charge in [0, 0.05) is 13.3 Å². The lowest BCUT2D eigenvalue weighted by Crippen LogP contribution is -2.06. The molecule has 0 heterocycles. The van der Waals surface area contributed by atoms with Crippen LogP contribution in [0.15, 0.2) is 28.5 Å². The van der Waals surface area contributed by atoms with E-state index in [2.05, 4.69) is 17.2 Å². The summed E-state index contributed by atoms with van der Waals surface area (Å²) in [6, 6.07) is 0. The van der Waals surface area contributed by atoms with Gasteiger partial charge in [-0.2, -0.15) is 0 Å². The molecule has 0 rings (SSSR count). The minimum absolute atomic E-state index is 0.970. The van der Waals surface area contributed by atoms with Crippen molar-refractivity contribution in [1.82, 2.24) is 5.32 Å². The van der Waals surface area contributed by atoms with Gasteiger partial charge in [-0.25, -0.2) is 0 Å². The molecular formula is C10H18N2. The molecule has 0 aromatic rings. The average molecular weight is 166 g/mol. The quantitative estimate of drug-likeness (QED) is 0.503. The molecule has 0 amide bonds. The summed E-state index contributed by atoms with van der Waals surface area (Å²) in [5, 5.41) is 3.09. The van der Waals surface area contributed by atoms with Crippen molar-refractivity contribution in [2.45, 2.75) is 27.2 Å². The zero-order chi connectivity index (χ0) is 9.40. The molecule has 0 aliphatic heterocycles. The Morgan fingerprint density at radius 1 is 1.33 bits per heavy atom. The second-order valence-corrected chi connectivity index (χ2v) is 2.35. The number of rotatable bonds is 4. The molecule has 68 valence electrons. The van der Waals surface area contributed by atoms with E-state index in [0.717, 1.165) is 17.8 Å². The van der Waals surface area contributed by atoms with Crippen LogP contribution >= 0.6 is 0 Å². The summed E-state index contributed by atoms with van der Waals surface area (Å²) < 4.78 is 0. The number of nitrogens with zero attached hydrogens (tertiary/aromatic N) is 1. The van der Waals surface area contributed by atoms with Crippen molar-refractivity contribution in [2.75, 3.05) is 7.05 Å². The van der Waals surface area contributed by atoms with E-state index < -0.39 is 0 Å². The maximum Gasteiger partial charge on any atom is 0.0810 e. The van der Waals surface area contributed by atoms with E-state index >= 15 is 0 Å². The Morgan fingerprint density at radius 2 is 2.00 bits per heavy atom. The fourth-order valence-electron chi connectivity index (χ4n) is 0.910. The SMILES string of the molecule is C/C=C(N=CCC)/C(=C/C)NC. The topological polar surface area (TPSA) is 24.4 Å². The van der Waals surface area contributed by atoms with Crippen molar-refractivity contribution in [1.29, 1.82) is 0 Å². The van der Waals surface area contributed by atoms with Gasteiger partial charge in [0.05, 0.1) is 11.4 Å². The summed E-state index contributed by atoms with van der Waals surface area (Å²) in [4.78, 5) is 4.31.